The summed E-state index contributed by atoms with van der Waals surface area (Å²) >= 11 is 7.23. The maximum Gasteiger partial charge on any atom is 0.232 e. The highest BCUT2D eigenvalue weighted by Gasteiger charge is 2.36. The lowest BCUT2D eigenvalue weighted by molar-refractivity contribution is -0.116. The molecule has 1 aromatic carbocycles. The van der Waals surface area contributed by atoms with Crippen molar-refractivity contribution >= 4 is 33.9 Å². The second kappa shape index (κ2) is 5.31. The Bertz CT molecular complexity index is 599. The minimum atomic E-state index is -1.09. The molecule has 100 valence electrons. The van der Waals surface area contributed by atoms with Crippen LogP contribution in [0.4, 0.5) is 10.1 Å². The fraction of sp³-hybridized carbons (Fsp3) is 0.214. The Hall–Kier alpha value is -1.39. The van der Waals surface area contributed by atoms with Crippen molar-refractivity contribution in [1.82, 2.24) is 0 Å². The van der Waals surface area contributed by atoms with Crippen LogP contribution in [0.3, 0.4) is 0 Å². The first kappa shape index (κ1) is 14.0. The predicted molar refractivity (Wildman–Crippen MR) is 77.0 cm³/mol. The van der Waals surface area contributed by atoms with Crippen molar-refractivity contribution in [3.8, 4) is 0 Å². The van der Waals surface area contributed by atoms with Gasteiger partial charge in [-0.3, -0.25) is 4.79 Å². The highest BCUT2D eigenvalue weighted by molar-refractivity contribution is 7.09. The molecule has 0 aliphatic carbocycles. The summed E-state index contributed by atoms with van der Waals surface area (Å²) in [6.45, 7) is 1.65. The maximum absolute atomic E-state index is 14.0. The lowest BCUT2D eigenvalue weighted by Crippen LogP contribution is -2.32. The van der Waals surface area contributed by atoms with Gasteiger partial charge in [-0.15, -0.1) is 11.3 Å². The lowest BCUT2D eigenvalue weighted by atomic mass is 9.80. The largest absolute Gasteiger partial charge is 0.399 e. The van der Waals surface area contributed by atoms with Gasteiger partial charge < -0.3 is 5.73 Å². The third-order valence-electron chi connectivity index (χ3n) is 3.13. The number of benzene rings is 1. The van der Waals surface area contributed by atoms with Gasteiger partial charge in [0.15, 0.2) is 0 Å². The Morgan fingerprint density at radius 2 is 2.21 bits per heavy atom. The summed E-state index contributed by atoms with van der Waals surface area (Å²) in [5, 5.41) is 1.33. The zero-order chi connectivity index (χ0) is 14.0. The van der Waals surface area contributed by atoms with E-state index in [1.54, 1.807) is 13.0 Å². The minimum Gasteiger partial charge on any atom is -0.399 e. The van der Waals surface area contributed by atoms with E-state index in [1.165, 1.54) is 23.5 Å². The van der Waals surface area contributed by atoms with Crippen LogP contribution >= 0.6 is 22.9 Å². The summed E-state index contributed by atoms with van der Waals surface area (Å²) in [6, 6.07) is 8.10. The van der Waals surface area contributed by atoms with Gasteiger partial charge in [0.25, 0.3) is 0 Å². The first-order valence-electron chi connectivity index (χ1n) is 5.71. The molecule has 0 saturated carbocycles. The molecule has 0 aliphatic heterocycles. The fourth-order valence-corrected chi connectivity index (χ4v) is 3.04. The molecular weight excluding hydrogens is 285 g/mol. The smallest absolute Gasteiger partial charge is 0.232 e. The molecule has 0 amide bonds. The molecule has 0 radical (unpaired) electrons. The van der Waals surface area contributed by atoms with Crippen LogP contribution in [0.15, 0.2) is 35.7 Å². The van der Waals surface area contributed by atoms with E-state index in [0.29, 0.717) is 12.1 Å². The van der Waals surface area contributed by atoms with Crippen molar-refractivity contribution < 1.29 is 9.18 Å². The average molecular weight is 298 g/mol. The van der Waals surface area contributed by atoms with Crippen LogP contribution in [-0.4, -0.2) is 5.24 Å². The summed E-state index contributed by atoms with van der Waals surface area (Å²) in [4.78, 5) is 12.8. The molecule has 1 heterocycles. The number of hydrogen-bond acceptors (Lipinski definition) is 3. The third-order valence-corrected chi connectivity index (χ3v) is 4.42. The van der Waals surface area contributed by atoms with E-state index in [-0.39, 0.29) is 5.56 Å². The monoisotopic (exact) mass is 297 g/mol. The van der Waals surface area contributed by atoms with Crippen LogP contribution in [0, 0.1) is 5.82 Å². The van der Waals surface area contributed by atoms with Crippen LogP contribution < -0.4 is 5.73 Å². The number of rotatable bonds is 4. The summed E-state index contributed by atoms with van der Waals surface area (Å²) in [7, 11) is 0. The quantitative estimate of drug-likeness (QED) is 0.690. The lowest BCUT2D eigenvalue weighted by Gasteiger charge is -2.26. The molecule has 2 aromatic rings. The van der Waals surface area contributed by atoms with Gasteiger partial charge in [0.2, 0.25) is 5.24 Å². The molecule has 1 unspecified atom stereocenters. The number of anilines is 1. The van der Waals surface area contributed by atoms with Crippen LogP contribution in [0.2, 0.25) is 0 Å². The molecular formula is C14H13ClFNOS. The molecule has 0 saturated heterocycles. The second-order valence-corrected chi connectivity index (χ2v) is 5.98. The highest BCUT2D eigenvalue weighted by atomic mass is 35.5. The Balaban J connectivity index is 2.47. The normalized spacial score (nSPS) is 14.1. The summed E-state index contributed by atoms with van der Waals surface area (Å²) in [5.41, 5.74) is 5.03. The van der Waals surface area contributed by atoms with E-state index in [1.807, 2.05) is 17.5 Å². The van der Waals surface area contributed by atoms with Crippen molar-refractivity contribution in [2.24, 2.45) is 0 Å². The van der Waals surface area contributed by atoms with Crippen molar-refractivity contribution in [1.29, 1.82) is 0 Å². The molecule has 0 spiro atoms. The van der Waals surface area contributed by atoms with E-state index in [4.69, 9.17) is 17.3 Å². The van der Waals surface area contributed by atoms with Crippen LogP contribution in [-0.2, 0) is 16.6 Å². The standard InChI is InChI=1S/C14H13ClFNOS/c1-14(13(15)18,8-10-3-2-6-19-10)11-5-4-9(17)7-12(11)16/h2-7H,8,17H2,1H3. The highest BCUT2D eigenvalue weighted by Crippen LogP contribution is 2.34. The van der Waals surface area contributed by atoms with Crippen molar-refractivity contribution in [2.75, 3.05) is 5.73 Å². The first-order chi connectivity index (χ1) is 8.93. The van der Waals surface area contributed by atoms with Gasteiger partial charge in [-0.1, -0.05) is 12.1 Å². The Morgan fingerprint density at radius 3 is 2.74 bits per heavy atom. The maximum atomic E-state index is 14.0. The molecule has 5 heteroatoms. The molecule has 19 heavy (non-hydrogen) atoms. The van der Waals surface area contributed by atoms with Gasteiger partial charge in [0.1, 0.15) is 5.82 Å². The number of nitrogens with two attached hydrogens (primary N) is 1. The van der Waals surface area contributed by atoms with E-state index >= 15 is 0 Å². The SMILES string of the molecule is CC(Cc1cccs1)(C(=O)Cl)c1ccc(N)cc1F. The number of carbonyl (C=O) groups excluding carboxylic acids is 1. The Morgan fingerprint density at radius 1 is 1.47 bits per heavy atom. The van der Waals surface area contributed by atoms with E-state index < -0.39 is 16.5 Å². The molecule has 2 N–H and O–H groups in total. The summed E-state index contributed by atoms with van der Waals surface area (Å²) < 4.78 is 14.0. The zero-order valence-corrected chi connectivity index (χ0v) is 11.9. The molecule has 0 bridgehead atoms. The Kier molecular flexibility index (Phi) is 3.92. The van der Waals surface area contributed by atoms with Gasteiger partial charge in [0.05, 0.1) is 5.41 Å². The first-order valence-corrected chi connectivity index (χ1v) is 6.97. The van der Waals surface area contributed by atoms with E-state index in [0.717, 1.165) is 4.88 Å². The predicted octanol–water partition coefficient (Wildman–Crippen LogP) is 3.74. The fourth-order valence-electron chi connectivity index (χ4n) is 2.01. The summed E-state index contributed by atoms with van der Waals surface area (Å²) in [6.07, 6.45) is 0.369. The Labute approximate surface area is 120 Å². The molecule has 0 aliphatic rings. The van der Waals surface area contributed by atoms with Crippen molar-refractivity contribution in [3.05, 3.63) is 52.0 Å². The van der Waals surface area contributed by atoms with Crippen LogP contribution in [0.5, 0.6) is 0 Å². The topological polar surface area (TPSA) is 43.1 Å². The van der Waals surface area contributed by atoms with Crippen molar-refractivity contribution in [3.63, 3.8) is 0 Å². The number of thiophene rings is 1. The van der Waals surface area contributed by atoms with Gasteiger partial charge in [0, 0.05) is 16.1 Å². The average Bonchev–Trinajstić information content (AvgIpc) is 2.81. The van der Waals surface area contributed by atoms with Gasteiger partial charge in [-0.05, 0) is 48.5 Å². The molecule has 1 aromatic heterocycles. The summed E-state index contributed by atoms with van der Waals surface area (Å²) in [5.74, 6) is -0.506. The van der Waals surface area contributed by atoms with E-state index in [9.17, 15) is 9.18 Å². The van der Waals surface area contributed by atoms with Gasteiger partial charge in [-0.25, -0.2) is 4.39 Å². The number of halogens is 2. The second-order valence-electron chi connectivity index (χ2n) is 4.60. The van der Waals surface area contributed by atoms with Crippen LogP contribution in [0.1, 0.15) is 17.4 Å². The molecule has 2 nitrogen and oxygen atoms in total. The molecule has 1 atom stereocenters. The van der Waals surface area contributed by atoms with Gasteiger partial charge >= 0.3 is 0 Å². The number of nitrogen functional groups attached to an aromatic ring is 1. The molecule has 0 fully saturated rings. The number of carbonyl (C=O) groups is 1. The zero-order valence-electron chi connectivity index (χ0n) is 10.3. The molecule has 2 rings (SSSR count). The van der Waals surface area contributed by atoms with Crippen molar-refractivity contribution in [2.45, 2.75) is 18.8 Å². The van der Waals surface area contributed by atoms with Crippen LogP contribution in [0.25, 0.3) is 0 Å². The number of hydrogen-bond donors (Lipinski definition) is 1. The third kappa shape index (κ3) is 2.80. The van der Waals surface area contributed by atoms with Gasteiger partial charge in [-0.2, -0.15) is 0 Å². The van der Waals surface area contributed by atoms with E-state index in [2.05, 4.69) is 0 Å². The minimum absolute atomic E-state index is 0.273.